The summed E-state index contributed by atoms with van der Waals surface area (Å²) in [6.45, 7) is 9.80. The van der Waals surface area contributed by atoms with Gasteiger partial charge in [-0.2, -0.15) is 0 Å². The van der Waals surface area contributed by atoms with Gasteiger partial charge in [0.15, 0.2) is 5.79 Å². The maximum Gasteiger partial charge on any atom is 0.172 e. The summed E-state index contributed by atoms with van der Waals surface area (Å²) >= 11 is 0. The summed E-state index contributed by atoms with van der Waals surface area (Å²) in [7, 11) is 0. The molecule has 0 aromatic rings. The topological polar surface area (TPSA) is 41.6 Å². The Balaban J connectivity index is 1.81. The molecule has 3 aliphatic rings. The molecule has 0 N–H and O–H groups in total. The number of allylic oxidation sites excluding steroid dienone is 2. The molecule has 0 bridgehead atoms. The summed E-state index contributed by atoms with van der Waals surface area (Å²) in [4.78, 5) is 0. The second-order valence-corrected chi connectivity index (χ2v) is 8.59. The van der Waals surface area contributed by atoms with Crippen molar-refractivity contribution in [2.45, 2.75) is 89.5 Å². The second kappa shape index (κ2) is 5.83. The summed E-state index contributed by atoms with van der Waals surface area (Å²) in [5.41, 5.74) is -0.681. The highest BCUT2D eigenvalue weighted by molar-refractivity contribution is 5.06. The molecule has 2 fully saturated rings. The lowest BCUT2D eigenvalue weighted by atomic mass is 9.72. The summed E-state index contributed by atoms with van der Waals surface area (Å²) in [6, 6.07) is 0. The van der Waals surface area contributed by atoms with Crippen molar-refractivity contribution >= 4 is 0 Å². The molecule has 4 heteroatoms. The van der Waals surface area contributed by atoms with E-state index in [1.807, 2.05) is 13.8 Å². The molecular formula is C19H32NO3. The molecule has 0 unspecified atom stereocenters. The summed E-state index contributed by atoms with van der Waals surface area (Å²) < 4.78 is 12.8. The zero-order valence-electron chi connectivity index (χ0n) is 15.2. The first-order valence-electron chi connectivity index (χ1n) is 9.21. The van der Waals surface area contributed by atoms with E-state index in [4.69, 9.17) is 9.47 Å². The lowest BCUT2D eigenvalue weighted by molar-refractivity contribution is -0.392. The van der Waals surface area contributed by atoms with Crippen LogP contribution in [0.25, 0.3) is 0 Å². The zero-order chi connectivity index (χ0) is 16.8. The van der Waals surface area contributed by atoms with E-state index in [1.165, 1.54) is 5.06 Å². The lowest BCUT2D eigenvalue weighted by Crippen LogP contribution is -2.68. The predicted molar refractivity (Wildman–Crippen MR) is 89.2 cm³/mol. The zero-order valence-corrected chi connectivity index (χ0v) is 15.2. The molecule has 3 rings (SSSR count). The minimum atomic E-state index is -0.581. The van der Waals surface area contributed by atoms with Crippen LogP contribution >= 0.6 is 0 Å². The van der Waals surface area contributed by atoms with E-state index in [-0.39, 0.29) is 11.0 Å². The van der Waals surface area contributed by atoms with Crippen molar-refractivity contribution in [3.8, 4) is 0 Å². The van der Waals surface area contributed by atoms with Crippen LogP contribution in [-0.2, 0) is 14.7 Å². The maximum atomic E-state index is 12.9. The van der Waals surface area contributed by atoms with Gasteiger partial charge in [-0.05, 0) is 46.0 Å². The SMILES string of the molecule is CCC1(CC)CC2(CC(C)(C)N1[O])OCC1(CC=CCC1)CO2. The van der Waals surface area contributed by atoms with E-state index < -0.39 is 11.3 Å². The minimum Gasteiger partial charge on any atom is -0.349 e. The fourth-order valence-corrected chi connectivity index (χ4v) is 4.86. The van der Waals surface area contributed by atoms with Crippen LogP contribution in [0.1, 0.15) is 72.6 Å². The molecule has 0 aromatic heterocycles. The Bertz CT molecular complexity index is 459. The van der Waals surface area contributed by atoms with Crippen LogP contribution in [0, 0.1) is 5.41 Å². The fraction of sp³-hybridized carbons (Fsp3) is 0.895. The number of hydrogen-bond acceptors (Lipinski definition) is 3. The van der Waals surface area contributed by atoms with Crippen molar-refractivity contribution in [1.29, 1.82) is 0 Å². The van der Waals surface area contributed by atoms with Gasteiger partial charge in [-0.25, -0.2) is 0 Å². The summed E-state index contributed by atoms with van der Waals surface area (Å²) in [5.74, 6) is -0.581. The van der Waals surface area contributed by atoms with Gasteiger partial charge in [0.2, 0.25) is 0 Å². The van der Waals surface area contributed by atoms with E-state index in [9.17, 15) is 5.21 Å². The van der Waals surface area contributed by atoms with Gasteiger partial charge in [0.05, 0.1) is 18.8 Å². The molecule has 2 saturated heterocycles. The smallest absolute Gasteiger partial charge is 0.172 e. The number of hydroxylamine groups is 2. The van der Waals surface area contributed by atoms with Crippen LogP contribution in [0.15, 0.2) is 12.2 Å². The standard InChI is InChI=1S/C19H32NO3/c1-5-18(6-2)13-19(12-16(3,4)20(18)21)22-14-17(15-23-19)10-8-7-9-11-17/h7-8H,5-6,9-15H2,1-4H3. The average Bonchev–Trinajstić information content (AvgIpc) is 2.55. The van der Waals surface area contributed by atoms with E-state index >= 15 is 0 Å². The van der Waals surface area contributed by atoms with E-state index in [0.29, 0.717) is 12.8 Å². The highest BCUT2D eigenvalue weighted by Crippen LogP contribution is 2.51. The third kappa shape index (κ3) is 2.88. The van der Waals surface area contributed by atoms with Crippen molar-refractivity contribution < 1.29 is 14.7 Å². The quantitative estimate of drug-likeness (QED) is 0.714. The molecule has 131 valence electrons. The summed E-state index contributed by atoms with van der Waals surface area (Å²) in [6.07, 6.45) is 10.8. The van der Waals surface area contributed by atoms with Crippen LogP contribution in [-0.4, -0.2) is 35.1 Å². The van der Waals surface area contributed by atoms with Gasteiger partial charge in [-0.15, -0.1) is 10.3 Å². The Labute approximate surface area is 140 Å². The van der Waals surface area contributed by atoms with Crippen molar-refractivity contribution in [3.63, 3.8) is 0 Å². The third-order valence-corrected chi connectivity index (χ3v) is 6.44. The first kappa shape index (κ1) is 17.4. The van der Waals surface area contributed by atoms with Crippen LogP contribution < -0.4 is 0 Å². The van der Waals surface area contributed by atoms with Crippen LogP contribution in [0.5, 0.6) is 0 Å². The van der Waals surface area contributed by atoms with Crippen LogP contribution in [0.3, 0.4) is 0 Å². The molecular weight excluding hydrogens is 290 g/mol. The molecule has 1 aliphatic carbocycles. The Kier molecular flexibility index (Phi) is 4.41. The molecule has 23 heavy (non-hydrogen) atoms. The number of piperidine rings is 1. The molecule has 0 saturated carbocycles. The highest BCUT2D eigenvalue weighted by atomic mass is 16.7. The maximum absolute atomic E-state index is 12.9. The van der Waals surface area contributed by atoms with Gasteiger partial charge in [0.1, 0.15) is 0 Å². The molecule has 2 spiro atoms. The number of hydrogen-bond donors (Lipinski definition) is 0. The van der Waals surface area contributed by atoms with Gasteiger partial charge in [-0.3, -0.25) is 0 Å². The van der Waals surface area contributed by atoms with Crippen molar-refractivity contribution in [3.05, 3.63) is 12.2 Å². The predicted octanol–water partition coefficient (Wildman–Crippen LogP) is 4.23. The minimum absolute atomic E-state index is 0.153. The van der Waals surface area contributed by atoms with Gasteiger partial charge >= 0.3 is 0 Å². The summed E-state index contributed by atoms with van der Waals surface area (Å²) in [5, 5.41) is 14.3. The molecule has 2 heterocycles. The number of nitrogens with zero attached hydrogens (tertiary/aromatic N) is 1. The highest BCUT2D eigenvalue weighted by Gasteiger charge is 2.59. The van der Waals surface area contributed by atoms with Gasteiger partial charge < -0.3 is 9.47 Å². The van der Waals surface area contributed by atoms with Gasteiger partial charge in [0, 0.05) is 23.8 Å². The lowest BCUT2D eigenvalue weighted by Gasteiger charge is -2.59. The Morgan fingerprint density at radius 1 is 1.04 bits per heavy atom. The van der Waals surface area contributed by atoms with Crippen LogP contribution in [0.2, 0.25) is 0 Å². The average molecular weight is 322 g/mol. The van der Waals surface area contributed by atoms with E-state index in [0.717, 1.165) is 45.3 Å². The van der Waals surface area contributed by atoms with Gasteiger partial charge in [0.25, 0.3) is 0 Å². The Morgan fingerprint density at radius 2 is 1.70 bits per heavy atom. The third-order valence-electron chi connectivity index (χ3n) is 6.44. The molecule has 1 radical (unpaired) electrons. The fourth-order valence-electron chi connectivity index (χ4n) is 4.86. The number of rotatable bonds is 2. The van der Waals surface area contributed by atoms with Crippen molar-refractivity contribution in [2.24, 2.45) is 5.41 Å². The second-order valence-electron chi connectivity index (χ2n) is 8.59. The first-order valence-corrected chi connectivity index (χ1v) is 9.21. The number of ether oxygens (including phenoxy) is 2. The molecule has 2 aliphatic heterocycles. The molecule has 0 aromatic carbocycles. The van der Waals surface area contributed by atoms with Crippen molar-refractivity contribution in [1.82, 2.24) is 5.06 Å². The van der Waals surface area contributed by atoms with E-state index in [2.05, 4.69) is 26.0 Å². The van der Waals surface area contributed by atoms with Gasteiger partial charge in [-0.1, -0.05) is 26.0 Å². The normalized spacial score (nSPS) is 31.5. The first-order chi connectivity index (χ1) is 10.8. The largest absolute Gasteiger partial charge is 0.349 e. The van der Waals surface area contributed by atoms with Crippen molar-refractivity contribution in [2.75, 3.05) is 13.2 Å². The van der Waals surface area contributed by atoms with E-state index in [1.54, 1.807) is 0 Å². The van der Waals surface area contributed by atoms with Crippen LogP contribution in [0.4, 0.5) is 0 Å². The monoisotopic (exact) mass is 322 g/mol. The Hall–Kier alpha value is -0.420. The Morgan fingerprint density at radius 3 is 2.22 bits per heavy atom. The molecule has 0 atom stereocenters. The molecule has 0 amide bonds. The molecule has 4 nitrogen and oxygen atoms in total.